The summed E-state index contributed by atoms with van der Waals surface area (Å²) in [5, 5.41) is 1.38. The topological polar surface area (TPSA) is 35.2 Å². The molecule has 0 spiro atoms. The van der Waals surface area contributed by atoms with Gasteiger partial charge < -0.3 is 10.5 Å². The van der Waals surface area contributed by atoms with Crippen molar-refractivity contribution in [3.63, 3.8) is 0 Å². The average molecular weight is 338 g/mol. The van der Waals surface area contributed by atoms with Gasteiger partial charge >= 0.3 is 0 Å². The van der Waals surface area contributed by atoms with Crippen LogP contribution in [-0.4, -0.2) is 12.6 Å². The first-order valence-corrected chi connectivity index (χ1v) is 8.16. The Morgan fingerprint density at radius 3 is 2.36 bits per heavy atom. The molecule has 2 rings (SSSR count). The van der Waals surface area contributed by atoms with Crippen LogP contribution in [0.2, 0.25) is 10.0 Å². The van der Waals surface area contributed by atoms with Crippen LogP contribution in [0.25, 0.3) is 0 Å². The summed E-state index contributed by atoms with van der Waals surface area (Å²) in [7, 11) is 0. The number of hydrogen-bond donors (Lipinski definition) is 1. The van der Waals surface area contributed by atoms with Gasteiger partial charge in [0.1, 0.15) is 5.75 Å². The SMILES string of the molecule is CC(C)Oc1ccc(CC(CN)c2ccccc2Cl)cc1Cl. The normalized spacial score (nSPS) is 12.5. The van der Waals surface area contributed by atoms with Gasteiger partial charge in [0.15, 0.2) is 0 Å². The molecule has 4 heteroatoms. The van der Waals surface area contributed by atoms with Crippen molar-refractivity contribution in [3.8, 4) is 5.75 Å². The van der Waals surface area contributed by atoms with E-state index in [-0.39, 0.29) is 12.0 Å². The number of ether oxygens (including phenoxy) is 1. The van der Waals surface area contributed by atoms with Crippen molar-refractivity contribution in [2.75, 3.05) is 6.54 Å². The summed E-state index contributed by atoms with van der Waals surface area (Å²) < 4.78 is 5.66. The number of rotatable bonds is 6. The third kappa shape index (κ3) is 4.39. The van der Waals surface area contributed by atoms with Gasteiger partial charge in [-0.1, -0.05) is 47.5 Å². The third-order valence-electron chi connectivity index (χ3n) is 3.47. The highest BCUT2D eigenvalue weighted by atomic mass is 35.5. The van der Waals surface area contributed by atoms with Crippen LogP contribution in [0.4, 0.5) is 0 Å². The van der Waals surface area contributed by atoms with E-state index in [4.69, 9.17) is 33.7 Å². The van der Waals surface area contributed by atoms with E-state index in [1.165, 1.54) is 0 Å². The number of benzene rings is 2. The van der Waals surface area contributed by atoms with Crippen LogP contribution in [0.5, 0.6) is 5.75 Å². The summed E-state index contributed by atoms with van der Waals surface area (Å²) in [6.07, 6.45) is 0.894. The van der Waals surface area contributed by atoms with Gasteiger partial charge in [0, 0.05) is 10.9 Å². The third-order valence-corrected chi connectivity index (χ3v) is 4.11. The van der Waals surface area contributed by atoms with Crippen LogP contribution in [0.1, 0.15) is 30.9 Å². The summed E-state index contributed by atoms with van der Waals surface area (Å²) in [5.74, 6) is 0.879. The predicted octanol–water partition coefficient (Wildman–Crippen LogP) is 5.07. The highest BCUT2D eigenvalue weighted by Gasteiger charge is 2.15. The maximum atomic E-state index is 6.30. The molecule has 2 aromatic carbocycles. The van der Waals surface area contributed by atoms with Gasteiger partial charge in [0.25, 0.3) is 0 Å². The standard InChI is InChI=1S/C18H21Cl2NO/c1-12(2)22-18-8-7-13(10-17(18)20)9-14(11-21)15-5-3-4-6-16(15)19/h3-8,10,12,14H,9,11,21H2,1-2H3. The van der Waals surface area contributed by atoms with E-state index in [1.54, 1.807) is 0 Å². The zero-order valence-electron chi connectivity index (χ0n) is 12.9. The molecule has 0 aliphatic carbocycles. The Bertz CT molecular complexity index is 628. The van der Waals surface area contributed by atoms with Crippen molar-refractivity contribution in [2.24, 2.45) is 5.73 Å². The molecule has 0 saturated heterocycles. The fourth-order valence-corrected chi connectivity index (χ4v) is 2.97. The Balaban J connectivity index is 2.18. The molecule has 0 fully saturated rings. The molecule has 0 aromatic heterocycles. The summed E-state index contributed by atoms with van der Waals surface area (Å²) >= 11 is 12.6. The molecule has 1 unspecified atom stereocenters. The second kappa shape index (κ2) is 7.87. The Labute approximate surface area is 142 Å². The van der Waals surface area contributed by atoms with E-state index in [0.717, 1.165) is 22.6 Å². The molecule has 0 saturated carbocycles. The van der Waals surface area contributed by atoms with Crippen LogP contribution < -0.4 is 10.5 Å². The second-order valence-electron chi connectivity index (χ2n) is 5.59. The van der Waals surface area contributed by atoms with Gasteiger partial charge in [0.2, 0.25) is 0 Å². The monoisotopic (exact) mass is 337 g/mol. The minimum atomic E-state index is 0.100. The fourth-order valence-electron chi connectivity index (χ4n) is 2.43. The molecule has 0 amide bonds. The van der Waals surface area contributed by atoms with E-state index in [1.807, 2.05) is 56.3 Å². The first kappa shape index (κ1) is 17.1. The Morgan fingerprint density at radius 2 is 1.77 bits per heavy atom. The van der Waals surface area contributed by atoms with Crippen LogP contribution in [0.15, 0.2) is 42.5 Å². The lowest BCUT2D eigenvalue weighted by atomic mass is 9.92. The minimum Gasteiger partial charge on any atom is -0.489 e. The summed E-state index contributed by atoms with van der Waals surface area (Å²) in [6, 6.07) is 13.7. The summed E-state index contributed by atoms with van der Waals surface area (Å²) in [4.78, 5) is 0. The van der Waals surface area contributed by atoms with Crippen LogP contribution in [0, 0.1) is 0 Å². The van der Waals surface area contributed by atoms with Crippen LogP contribution in [-0.2, 0) is 6.42 Å². The number of hydrogen-bond acceptors (Lipinski definition) is 2. The average Bonchev–Trinajstić information content (AvgIpc) is 2.48. The lowest BCUT2D eigenvalue weighted by Crippen LogP contribution is -2.15. The van der Waals surface area contributed by atoms with Gasteiger partial charge in [-0.15, -0.1) is 0 Å². The lowest BCUT2D eigenvalue weighted by Gasteiger charge is -2.18. The van der Waals surface area contributed by atoms with E-state index in [9.17, 15) is 0 Å². The molecule has 22 heavy (non-hydrogen) atoms. The summed E-state index contributed by atoms with van der Waals surface area (Å²) in [6.45, 7) is 4.49. The van der Waals surface area contributed by atoms with Gasteiger partial charge in [-0.05, 0) is 56.1 Å². The molecule has 0 aliphatic heterocycles. The maximum Gasteiger partial charge on any atom is 0.138 e. The van der Waals surface area contributed by atoms with Crippen molar-refractivity contribution in [1.29, 1.82) is 0 Å². The smallest absolute Gasteiger partial charge is 0.138 e. The quantitative estimate of drug-likeness (QED) is 0.798. The molecule has 0 radical (unpaired) electrons. The highest BCUT2D eigenvalue weighted by molar-refractivity contribution is 6.32. The van der Waals surface area contributed by atoms with Crippen LogP contribution >= 0.6 is 23.2 Å². The highest BCUT2D eigenvalue weighted by Crippen LogP contribution is 2.30. The fraction of sp³-hybridized carbons (Fsp3) is 0.333. The molecule has 1 atom stereocenters. The van der Waals surface area contributed by atoms with E-state index in [0.29, 0.717) is 17.3 Å². The van der Waals surface area contributed by atoms with Gasteiger partial charge in [0.05, 0.1) is 11.1 Å². The molecule has 2 aromatic rings. The molecule has 0 heterocycles. The number of halogens is 2. The molecule has 0 bridgehead atoms. The largest absolute Gasteiger partial charge is 0.489 e. The van der Waals surface area contributed by atoms with Crippen LogP contribution in [0.3, 0.4) is 0 Å². The second-order valence-corrected chi connectivity index (χ2v) is 6.40. The Hall–Kier alpha value is -1.22. The Kier molecular flexibility index (Phi) is 6.13. The van der Waals surface area contributed by atoms with Crippen molar-refractivity contribution in [3.05, 3.63) is 63.6 Å². The molecular formula is C18H21Cl2NO. The van der Waals surface area contributed by atoms with Crippen molar-refractivity contribution in [1.82, 2.24) is 0 Å². The van der Waals surface area contributed by atoms with Crippen molar-refractivity contribution < 1.29 is 4.74 Å². The molecule has 118 valence electrons. The minimum absolute atomic E-state index is 0.100. The molecule has 2 N–H and O–H groups in total. The van der Waals surface area contributed by atoms with E-state index >= 15 is 0 Å². The first-order chi connectivity index (χ1) is 10.5. The zero-order chi connectivity index (χ0) is 16.1. The molecular weight excluding hydrogens is 317 g/mol. The predicted molar refractivity (Wildman–Crippen MR) is 94.2 cm³/mol. The first-order valence-electron chi connectivity index (χ1n) is 7.40. The van der Waals surface area contributed by atoms with Gasteiger partial charge in [-0.25, -0.2) is 0 Å². The maximum absolute atomic E-state index is 6.30. The van der Waals surface area contributed by atoms with Gasteiger partial charge in [-0.2, -0.15) is 0 Å². The Morgan fingerprint density at radius 1 is 1.05 bits per heavy atom. The van der Waals surface area contributed by atoms with E-state index < -0.39 is 0 Å². The van der Waals surface area contributed by atoms with E-state index in [2.05, 4.69) is 0 Å². The van der Waals surface area contributed by atoms with Crippen molar-refractivity contribution >= 4 is 23.2 Å². The lowest BCUT2D eigenvalue weighted by molar-refractivity contribution is 0.242. The molecule has 2 nitrogen and oxygen atoms in total. The summed E-state index contributed by atoms with van der Waals surface area (Å²) in [5.41, 5.74) is 8.14. The molecule has 0 aliphatic rings. The number of nitrogens with two attached hydrogens (primary N) is 1. The zero-order valence-corrected chi connectivity index (χ0v) is 14.4. The van der Waals surface area contributed by atoms with Crippen molar-refractivity contribution in [2.45, 2.75) is 32.3 Å². The van der Waals surface area contributed by atoms with Gasteiger partial charge in [-0.3, -0.25) is 0 Å².